The number of likely N-dealkylation sites (tertiary alicyclic amines) is 2. The molecular weight excluding hydrogens is 612 g/mol. The van der Waals surface area contributed by atoms with E-state index in [1.807, 2.05) is 60.7 Å². The summed E-state index contributed by atoms with van der Waals surface area (Å²) in [6.45, 7) is 3.15. The van der Waals surface area contributed by atoms with Crippen LogP contribution in [0, 0.1) is 0 Å². The number of carbonyl (C=O) groups excluding carboxylic acids is 2. The van der Waals surface area contributed by atoms with E-state index in [1.165, 1.54) is 0 Å². The summed E-state index contributed by atoms with van der Waals surface area (Å²) in [5, 5.41) is 16.9. The average Bonchev–Trinajstić information content (AvgIpc) is 3.84. The van der Waals surface area contributed by atoms with Crippen LogP contribution in [0.25, 0.3) is 0 Å². The van der Waals surface area contributed by atoms with E-state index in [0.29, 0.717) is 44.7 Å². The van der Waals surface area contributed by atoms with Crippen molar-refractivity contribution in [2.75, 3.05) is 40.4 Å². The lowest BCUT2D eigenvalue weighted by Gasteiger charge is -2.20. The summed E-state index contributed by atoms with van der Waals surface area (Å²) in [6, 6.07) is 19.3. The van der Waals surface area contributed by atoms with E-state index in [2.05, 4.69) is 0 Å². The number of aliphatic hydroxyl groups excluding tert-OH is 2. The predicted molar refractivity (Wildman–Crippen MR) is 163 cm³/mol. The van der Waals surface area contributed by atoms with Gasteiger partial charge in [-0.05, 0) is 36.8 Å². The standard InChI is InChI=1S/C15H21NO4.C14H17NO3.CH4O.H2O4S/c1-19-14-8-10-16(9-7-13(14)17)15(18)20-11-12-5-3-2-4-6-12;16-14(17-10-11-4-2-1-3-5-11)15-8-6-12-13(18-12)7-9-15;1-2;1-5(2,3)4/h2-6,13-14,17H,7-11H2,1H3;1-5,12-13H,6-10H2;2H,1H3;(H2,1,2,3,4)/t13?,14-;;;/m0.../s1. The summed E-state index contributed by atoms with van der Waals surface area (Å²) < 4.78 is 52.8. The van der Waals surface area contributed by atoms with Gasteiger partial charge in [-0.1, -0.05) is 60.7 Å². The molecule has 5 rings (SSSR count). The quantitative estimate of drug-likeness (QED) is 0.272. The highest BCUT2D eigenvalue weighted by atomic mass is 32.3. The normalized spacial score (nSPS) is 22.2. The van der Waals surface area contributed by atoms with Gasteiger partial charge in [0.05, 0.1) is 24.4 Å². The Morgan fingerprint density at radius 3 is 1.53 bits per heavy atom. The van der Waals surface area contributed by atoms with Gasteiger partial charge in [0.15, 0.2) is 0 Å². The number of amides is 2. The molecule has 3 aliphatic heterocycles. The first-order chi connectivity index (χ1) is 21.5. The number of carbonyl (C=O) groups is 2. The van der Waals surface area contributed by atoms with Crippen molar-refractivity contribution in [2.45, 2.75) is 63.3 Å². The fourth-order valence-electron chi connectivity index (χ4n) is 4.69. The second-order valence-electron chi connectivity index (χ2n) is 10.2. The summed E-state index contributed by atoms with van der Waals surface area (Å²) in [7, 11) is -2.09. The van der Waals surface area contributed by atoms with Crippen LogP contribution in [0.5, 0.6) is 0 Å². The third kappa shape index (κ3) is 15.5. The molecule has 0 saturated carbocycles. The van der Waals surface area contributed by atoms with Crippen LogP contribution in [0.15, 0.2) is 60.7 Å². The first-order valence-corrected chi connectivity index (χ1v) is 15.9. The van der Waals surface area contributed by atoms with Crippen LogP contribution in [-0.2, 0) is 42.6 Å². The first kappa shape index (κ1) is 37.9. The molecule has 45 heavy (non-hydrogen) atoms. The highest BCUT2D eigenvalue weighted by Crippen LogP contribution is 2.31. The number of hydrogen-bond acceptors (Lipinski definition) is 10. The molecule has 4 atom stereocenters. The number of fused-ring (bicyclic) bond motifs is 1. The molecule has 3 heterocycles. The van der Waals surface area contributed by atoms with E-state index >= 15 is 0 Å². The number of benzene rings is 2. The smallest absolute Gasteiger partial charge is 0.410 e. The van der Waals surface area contributed by atoms with E-state index in [-0.39, 0.29) is 24.9 Å². The maximum Gasteiger partial charge on any atom is 0.410 e. The van der Waals surface area contributed by atoms with Gasteiger partial charge in [0, 0.05) is 40.4 Å². The van der Waals surface area contributed by atoms with Gasteiger partial charge in [0.2, 0.25) is 0 Å². The number of epoxide rings is 1. The van der Waals surface area contributed by atoms with Crippen LogP contribution in [0.1, 0.15) is 36.8 Å². The predicted octanol–water partition coefficient (Wildman–Crippen LogP) is 2.94. The molecule has 2 amide bonds. The van der Waals surface area contributed by atoms with E-state index in [1.54, 1.807) is 16.9 Å². The number of methoxy groups -OCH3 is 1. The Bertz CT molecular complexity index is 1220. The molecule has 0 spiro atoms. The van der Waals surface area contributed by atoms with Crippen molar-refractivity contribution in [3.05, 3.63) is 71.8 Å². The summed E-state index contributed by atoms with van der Waals surface area (Å²) in [5.41, 5.74) is 1.98. The minimum absolute atomic E-state index is 0.207. The summed E-state index contributed by atoms with van der Waals surface area (Å²) in [4.78, 5) is 27.3. The zero-order valence-corrected chi connectivity index (χ0v) is 26.3. The molecule has 15 heteroatoms. The van der Waals surface area contributed by atoms with Gasteiger partial charge < -0.3 is 39.0 Å². The largest absolute Gasteiger partial charge is 0.445 e. The number of rotatable bonds is 5. The molecule has 0 aromatic heterocycles. The minimum atomic E-state index is -4.67. The summed E-state index contributed by atoms with van der Waals surface area (Å²) in [5.74, 6) is 0. The van der Waals surface area contributed by atoms with Crippen molar-refractivity contribution >= 4 is 22.6 Å². The number of nitrogens with zero attached hydrogens (tertiary/aromatic N) is 2. The fraction of sp³-hybridized carbons (Fsp3) is 0.533. The Morgan fingerprint density at radius 1 is 0.756 bits per heavy atom. The molecule has 3 saturated heterocycles. The lowest BCUT2D eigenvalue weighted by molar-refractivity contribution is -0.0122. The SMILES string of the molecule is CO.CO[C@H]1CCN(C(=O)OCc2ccccc2)CCC1O.O=C(OCc1ccccc1)N1CCC2OC2CC1.O=S(=O)(O)O. The molecule has 3 unspecified atom stereocenters. The van der Waals surface area contributed by atoms with Crippen LogP contribution in [0.2, 0.25) is 0 Å². The van der Waals surface area contributed by atoms with Crippen LogP contribution in [0.4, 0.5) is 9.59 Å². The maximum atomic E-state index is 12.0. The number of hydrogen-bond donors (Lipinski definition) is 4. The average molecular weight is 657 g/mol. The minimum Gasteiger partial charge on any atom is -0.445 e. The summed E-state index contributed by atoms with van der Waals surface area (Å²) in [6.07, 6.45) is 2.51. The molecule has 3 fully saturated rings. The van der Waals surface area contributed by atoms with Gasteiger partial charge in [-0.2, -0.15) is 8.42 Å². The number of ether oxygens (including phenoxy) is 4. The van der Waals surface area contributed by atoms with Gasteiger partial charge in [-0.15, -0.1) is 0 Å². The van der Waals surface area contributed by atoms with Gasteiger partial charge in [-0.3, -0.25) is 9.11 Å². The number of aliphatic hydroxyl groups is 2. The maximum absolute atomic E-state index is 12.0. The lowest BCUT2D eigenvalue weighted by Crippen LogP contribution is -2.33. The van der Waals surface area contributed by atoms with E-state index in [4.69, 9.17) is 41.6 Å². The Morgan fingerprint density at radius 2 is 1.13 bits per heavy atom. The third-order valence-corrected chi connectivity index (χ3v) is 7.09. The van der Waals surface area contributed by atoms with E-state index < -0.39 is 16.5 Å². The highest BCUT2D eigenvalue weighted by molar-refractivity contribution is 7.79. The zero-order valence-electron chi connectivity index (χ0n) is 25.5. The molecule has 2 aromatic rings. The Hall–Kier alpha value is -3.31. The van der Waals surface area contributed by atoms with Crippen molar-refractivity contribution in [3.63, 3.8) is 0 Å². The molecule has 3 aliphatic rings. The topological polar surface area (TPSA) is 196 Å². The van der Waals surface area contributed by atoms with E-state index in [9.17, 15) is 14.7 Å². The highest BCUT2D eigenvalue weighted by Gasteiger charge is 2.41. The molecule has 2 aromatic carbocycles. The van der Waals surface area contributed by atoms with Crippen molar-refractivity contribution in [1.29, 1.82) is 0 Å². The molecule has 0 bridgehead atoms. The molecule has 252 valence electrons. The first-order valence-electron chi connectivity index (χ1n) is 14.5. The van der Waals surface area contributed by atoms with Gasteiger partial charge in [0.25, 0.3) is 0 Å². The Kier molecular flexibility index (Phi) is 16.8. The van der Waals surface area contributed by atoms with Gasteiger partial charge in [0.1, 0.15) is 13.2 Å². The zero-order chi connectivity index (χ0) is 33.2. The van der Waals surface area contributed by atoms with Crippen LogP contribution in [-0.4, -0.2) is 115 Å². The monoisotopic (exact) mass is 656 g/mol. The van der Waals surface area contributed by atoms with Crippen LogP contribution >= 0.6 is 0 Å². The second-order valence-corrected chi connectivity index (χ2v) is 11.1. The fourth-order valence-corrected chi connectivity index (χ4v) is 4.69. The molecule has 0 radical (unpaired) electrons. The molecule has 14 nitrogen and oxygen atoms in total. The summed E-state index contributed by atoms with van der Waals surface area (Å²) >= 11 is 0. The second kappa shape index (κ2) is 19.9. The van der Waals surface area contributed by atoms with Gasteiger partial charge >= 0.3 is 22.6 Å². The molecular formula is C30H44N2O12S. The van der Waals surface area contributed by atoms with E-state index in [0.717, 1.165) is 44.2 Å². The molecule has 0 aliphatic carbocycles. The Balaban J connectivity index is 0.000000261. The van der Waals surface area contributed by atoms with Crippen LogP contribution < -0.4 is 0 Å². The lowest BCUT2D eigenvalue weighted by atomic mass is 10.1. The van der Waals surface area contributed by atoms with Crippen LogP contribution in [0.3, 0.4) is 0 Å². The van der Waals surface area contributed by atoms with Crippen molar-refractivity contribution in [2.24, 2.45) is 0 Å². The van der Waals surface area contributed by atoms with Crippen molar-refractivity contribution in [3.8, 4) is 0 Å². The van der Waals surface area contributed by atoms with Crippen molar-refractivity contribution in [1.82, 2.24) is 9.80 Å². The molecule has 4 N–H and O–H groups in total. The van der Waals surface area contributed by atoms with Gasteiger partial charge in [-0.25, -0.2) is 9.59 Å². The Labute approximate surface area is 264 Å². The van der Waals surface area contributed by atoms with Crippen molar-refractivity contribution < 1.29 is 56.3 Å². The third-order valence-electron chi connectivity index (χ3n) is 7.09.